The second-order valence-electron chi connectivity index (χ2n) is 4.06. The number of carbonyl (C=O) groups is 1. The molecule has 18 heavy (non-hydrogen) atoms. The number of nitrogens with one attached hydrogen (secondary N) is 1. The van der Waals surface area contributed by atoms with Crippen LogP contribution in [0.1, 0.15) is 10.4 Å². The van der Waals surface area contributed by atoms with Crippen LogP contribution < -0.4 is 0 Å². The van der Waals surface area contributed by atoms with Crippen molar-refractivity contribution in [3.05, 3.63) is 54.2 Å². The number of aromatic amines is 1. The van der Waals surface area contributed by atoms with Crippen molar-refractivity contribution in [3.8, 4) is 11.1 Å². The summed E-state index contributed by atoms with van der Waals surface area (Å²) < 4.78 is 0. The van der Waals surface area contributed by atoms with E-state index in [0.717, 1.165) is 22.0 Å². The molecular weight excluding hydrogens is 228 g/mol. The van der Waals surface area contributed by atoms with Crippen LogP contribution in [0.25, 0.3) is 22.0 Å². The number of aromatic nitrogens is 2. The molecule has 3 rings (SSSR count). The first-order valence-corrected chi connectivity index (χ1v) is 5.51. The summed E-state index contributed by atoms with van der Waals surface area (Å²) in [6.45, 7) is 0. The monoisotopic (exact) mass is 238 g/mol. The minimum absolute atomic E-state index is 0.291. The summed E-state index contributed by atoms with van der Waals surface area (Å²) in [5.41, 5.74) is 3.12. The standard InChI is InChI=1S/C14H10N2O2/c17-14(18)11-3-1-2-9(6-11)10-4-5-13-12(7-10)8-15-16-13/h1-8H,(H,15,16)(H,17,18). The predicted octanol–water partition coefficient (Wildman–Crippen LogP) is 2.93. The van der Waals surface area contributed by atoms with Crippen LogP contribution in [-0.4, -0.2) is 21.3 Å². The van der Waals surface area contributed by atoms with Crippen molar-refractivity contribution < 1.29 is 9.90 Å². The van der Waals surface area contributed by atoms with E-state index in [1.54, 1.807) is 24.4 Å². The molecule has 0 saturated heterocycles. The van der Waals surface area contributed by atoms with E-state index in [4.69, 9.17) is 5.11 Å². The first-order valence-electron chi connectivity index (χ1n) is 5.51. The zero-order valence-electron chi connectivity index (χ0n) is 9.42. The molecule has 1 aromatic heterocycles. The smallest absolute Gasteiger partial charge is 0.335 e. The Morgan fingerprint density at radius 2 is 1.94 bits per heavy atom. The van der Waals surface area contributed by atoms with Crippen molar-refractivity contribution in [2.75, 3.05) is 0 Å². The third kappa shape index (κ3) is 1.73. The van der Waals surface area contributed by atoms with Crippen LogP contribution in [0, 0.1) is 0 Å². The van der Waals surface area contributed by atoms with Crippen molar-refractivity contribution in [1.29, 1.82) is 0 Å². The Balaban J connectivity index is 2.13. The molecule has 0 unspecified atom stereocenters. The van der Waals surface area contributed by atoms with Crippen molar-refractivity contribution in [2.45, 2.75) is 0 Å². The summed E-state index contributed by atoms with van der Waals surface area (Å²) in [4.78, 5) is 10.9. The quantitative estimate of drug-likeness (QED) is 0.721. The Morgan fingerprint density at radius 1 is 1.11 bits per heavy atom. The molecule has 0 saturated carbocycles. The molecule has 1 heterocycles. The molecule has 0 radical (unpaired) electrons. The van der Waals surface area contributed by atoms with Gasteiger partial charge in [0.05, 0.1) is 17.3 Å². The molecule has 0 spiro atoms. The number of nitrogens with zero attached hydrogens (tertiary/aromatic N) is 1. The zero-order valence-corrected chi connectivity index (χ0v) is 9.42. The van der Waals surface area contributed by atoms with Crippen LogP contribution in [0.4, 0.5) is 0 Å². The Morgan fingerprint density at radius 3 is 2.78 bits per heavy atom. The van der Waals surface area contributed by atoms with Crippen LogP contribution in [0.15, 0.2) is 48.7 Å². The number of H-pyrrole nitrogens is 1. The van der Waals surface area contributed by atoms with Gasteiger partial charge in [-0.1, -0.05) is 18.2 Å². The fourth-order valence-electron chi connectivity index (χ4n) is 1.95. The van der Waals surface area contributed by atoms with E-state index in [1.807, 2.05) is 24.3 Å². The third-order valence-electron chi connectivity index (χ3n) is 2.88. The van der Waals surface area contributed by atoms with Crippen LogP contribution in [-0.2, 0) is 0 Å². The minimum atomic E-state index is -0.916. The van der Waals surface area contributed by atoms with E-state index in [0.29, 0.717) is 5.56 Å². The van der Waals surface area contributed by atoms with E-state index >= 15 is 0 Å². The van der Waals surface area contributed by atoms with Gasteiger partial charge < -0.3 is 5.11 Å². The molecule has 4 nitrogen and oxygen atoms in total. The van der Waals surface area contributed by atoms with Gasteiger partial charge in [0.15, 0.2) is 0 Å². The van der Waals surface area contributed by atoms with Gasteiger partial charge in [0, 0.05) is 5.39 Å². The fourth-order valence-corrected chi connectivity index (χ4v) is 1.95. The Bertz CT molecular complexity index is 731. The molecule has 0 atom stereocenters. The highest BCUT2D eigenvalue weighted by Crippen LogP contribution is 2.24. The molecule has 0 aliphatic heterocycles. The molecule has 0 amide bonds. The first-order chi connectivity index (χ1) is 8.74. The SMILES string of the molecule is O=C(O)c1cccc(-c2ccc3[nH]ncc3c2)c1. The molecule has 4 heteroatoms. The van der Waals surface area contributed by atoms with Gasteiger partial charge >= 0.3 is 5.97 Å². The number of rotatable bonds is 2. The number of carboxylic acids is 1. The fraction of sp³-hybridized carbons (Fsp3) is 0. The minimum Gasteiger partial charge on any atom is -0.478 e. The average Bonchev–Trinajstić information content (AvgIpc) is 2.86. The Hall–Kier alpha value is -2.62. The van der Waals surface area contributed by atoms with E-state index in [1.165, 1.54) is 0 Å². The largest absolute Gasteiger partial charge is 0.478 e. The summed E-state index contributed by atoms with van der Waals surface area (Å²) >= 11 is 0. The highest BCUT2D eigenvalue weighted by molar-refractivity contribution is 5.90. The molecule has 88 valence electrons. The molecule has 2 N–H and O–H groups in total. The van der Waals surface area contributed by atoms with Gasteiger partial charge in [0.2, 0.25) is 0 Å². The highest BCUT2D eigenvalue weighted by Gasteiger charge is 2.05. The summed E-state index contributed by atoms with van der Waals surface area (Å²) in [7, 11) is 0. The number of fused-ring (bicyclic) bond motifs is 1. The van der Waals surface area contributed by atoms with Crippen molar-refractivity contribution in [3.63, 3.8) is 0 Å². The van der Waals surface area contributed by atoms with Gasteiger partial charge in [0.25, 0.3) is 0 Å². The molecule has 0 aliphatic carbocycles. The Labute approximate surface area is 103 Å². The van der Waals surface area contributed by atoms with Crippen LogP contribution >= 0.6 is 0 Å². The van der Waals surface area contributed by atoms with E-state index in [2.05, 4.69) is 10.2 Å². The van der Waals surface area contributed by atoms with E-state index in [-0.39, 0.29) is 0 Å². The molecule has 3 aromatic rings. The van der Waals surface area contributed by atoms with Gasteiger partial charge in [-0.2, -0.15) is 5.10 Å². The van der Waals surface area contributed by atoms with Gasteiger partial charge in [-0.25, -0.2) is 4.79 Å². The number of hydrogen-bond donors (Lipinski definition) is 2. The maximum atomic E-state index is 10.9. The number of benzene rings is 2. The third-order valence-corrected chi connectivity index (χ3v) is 2.88. The average molecular weight is 238 g/mol. The van der Waals surface area contributed by atoms with Gasteiger partial charge in [-0.15, -0.1) is 0 Å². The molecule has 0 bridgehead atoms. The number of aromatic carboxylic acids is 1. The lowest BCUT2D eigenvalue weighted by Crippen LogP contribution is -1.95. The van der Waals surface area contributed by atoms with E-state index in [9.17, 15) is 4.79 Å². The molecular formula is C14H10N2O2. The van der Waals surface area contributed by atoms with Gasteiger partial charge in [0.1, 0.15) is 0 Å². The van der Waals surface area contributed by atoms with Gasteiger partial charge in [-0.05, 0) is 35.4 Å². The maximum Gasteiger partial charge on any atom is 0.335 e. The lowest BCUT2D eigenvalue weighted by atomic mass is 10.0. The van der Waals surface area contributed by atoms with Crippen molar-refractivity contribution in [1.82, 2.24) is 10.2 Å². The van der Waals surface area contributed by atoms with Crippen LogP contribution in [0.2, 0.25) is 0 Å². The van der Waals surface area contributed by atoms with Gasteiger partial charge in [-0.3, -0.25) is 5.10 Å². The zero-order chi connectivity index (χ0) is 12.5. The van der Waals surface area contributed by atoms with Crippen LogP contribution in [0.3, 0.4) is 0 Å². The molecule has 2 aromatic carbocycles. The topological polar surface area (TPSA) is 66.0 Å². The molecule has 0 fully saturated rings. The number of carboxylic acid groups (broad SMARTS) is 1. The summed E-state index contributed by atoms with van der Waals surface area (Å²) in [6, 6.07) is 12.8. The Kier molecular flexibility index (Phi) is 2.34. The summed E-state index contributed by atoms with van der Waals surface area (Å²) in [5.74, 6) is -0.916. The number of hydrogen-bond acceptors (Lipinski definition) is 2. The highest BCUT2D eigenvalue weighted by atomic mass is 16.4. The van der Waals surface area contributed by atoms with Crippen molar-refractivity contribution in [2.24, 2.45) is 0 Å². The van der Waals surface area contributed by atoms with Crippen molar-refractivity contribution >= 4 is 16.9 Å². The maximum absolute atomic E-state index is 10.9. The molecule has 0 aliphatic rings. The summed E-state index contributed by atoms with van der Waals surface area (Å²) in [6.07, 6.45) is 1.75. The first kappa shape index (κ1) is 10.5. The lowest BCUT2D eigenvalue weighted by molar-refractivity contribution is 0.0697. The van der Waals surface area contributed by atoms with E-state index < -0.39 is 5.97 Å². The second kappa shape index (κ2) is 4.00. The summed E-state index contributed by atoms with van der Waals surface area (Å²) in [5, 5.41) is 16.8. The van der Waals surface area contributed by atoms with Crippen LogP contribution in [0.5, 0.6) is 0 Å². The normalized spacial score (nSPS) is 10.7. The second-order valence-corrected chi connectivity index (χ2v) is 4.06. The predicted molar refractivity (Wildman–Crippen MR) is 68.5 cm³/mol. The lowest BCUT2D eigenvalue weighted by Gasteiger charge is -2.03.